The number of ether oxygens (including phenoxy) is 2. The number of alkyl halides is 1. The molecule has 1 aliphatic heterocycles. The van der Waals surface area contributed by atoms with Crippen LogP contribution in [0.5, 0.6) is 0 Å². The Balaban J connectivity index is 1.47. The largest absolute Gasteiger partial charge is 0.356 e. The van der Waals surface area contributed by atoms with E-state index in [1.165, 1.54) is 0 Å². The van der Waals surface area contributed by atoms with Gasteiger partial charge in [0.2, 0.25) is 5.91 Å². The molecule has 2 N–H and O–H groups in total. The molecule has 0 aliphatic carbocycles. The monoisotopic (exact) mass is 490 g/mol. The number of halogens is 1. The fourth-order valence-corrected chi connectivity index (χ4v) is 4.31. The molecule has 194 valence electrons. The Morgan fingerprint density at radius 3 is 2.74 bits per heavy atom. The number of amides is 1. The van der Waals surface area contributed by atoms with E-state index in [2.05, 4.69) is 25.8 Å². The van der Waals surface area contributed by atoms with Crippen LogP contribution in [0, 0.1) is 0 Å². The standard InChI is InChI=1S/C25H39FN6O3/c1-17-12-22(14-25(34-5)35-17)31(4)11-10-24(33)28-20(15-26)13-19-6-8-21(9-7-19)32-16-23(29-30-32)18(2)27-3/h6-9,16-18,20,22,25,27H,10-15H2,1-5H3,(H,28,33)/t17-,18?,20+,22+,25-/m1/s1. The van der Waals surface area contributed by atoms with Gasteiger partial charge in [0, 0.05) is 38.6 Å². The Bertz CT molecular complexity index is 924. The highest BCUT2D eigenvalue weighted by Crippen LogP contribution is 2.23. The number of methoxy groups -OCH3 is 1. The second-order valence-corrected chi connectivity index (χ2v) is 9.36. The Hall–Kier alpha value is -2.40. The quantitative estimate of drug-likeness (QED) is 0.472. The van der Waals surface area contributed by atoms with Crippen LogP contribution in [0.4, 0.5) is 4.39 Å². The molecule has 35 heavy (non-hydrogen) atoms. The summed E-state index contributed by atoms with van der Waals surface area (Å²) in [5.74, 6) is -0.145. The summed E-state index contributed by atoms with van der Waals surface area (Å²) in [5.41, 5.74) is 2.67. The second kappa shape index (κ2) is 13.1. The van der Waals surface area contributed by atoms with Crippen molar-refractivity contribution >= 4 is 5.91 Å². The molecule has 1 aromatic heterocycles. The molecule has 1 amide bonds. The average molecular weight is 491 g/mol. The number of aromatic nitrogens is 3. The second-order valence-electron chi connectivity index (χ2n) is 9.36. The molecule has 0 spiro atoms. The van der Waals surface area contributed by atoms with Gasteiger partial charge in [-0.1, -0.05) is 17.3 Å². The van der Waals surface area contributed by atoms with Crippen molar-refractivity contribution in [3.05, 3.63) is 41.7 Å². The number of hydrogen-bond donors (Lipinski definition) is 2. The maximum atomic E-state index is 13.7. The molecule has 0 bridgehead atoms. The molecule has 3 rings (SSSR count). The highest BCUT2D eigenvalue weighted by atomic mass is 19.1. The summed E-state index contributed by atoms with van der Waals surface area (Å²) in [6, 6.07) is 7.54. The fraction of sp³-hybridized carbons (Fsp3) is 0.640. The lowest BCUT2D eigenvalue weighted by molar-refractivity contribution is -0.189. The van der Waals surface area contributed by atoms with Gasteiger partial charge < -0.3 is 25.0 Å². The lowest BCUT2D eigenvalue weighted by Crippen LogP contribution is -2.45. The molecule has 0 saturated carbocycles. The first kappa shape index (κ1) is 27.2. The summed E-state index contributed by atoms with van der Waals surface area (Å²) in [7, 11) is 5.53. The van der Waals surface area contributed by atoms with E-state index in [0.717, 1.165) is 29.8 Å². The summed E-state index contributed by atoms with van der Waals surface area (Å²) >= 11 is 0. The molecule has 0 radical (unpaired) electrons. The molecule has 2 aromatic rings. The van der Waals surface area contributed by atoms with E-state index < -0.39 is 12.7 Å². The highest BCUT2D eigenvalue weighted by Gasteiger charge is 2.29. The van der Waals surface area contributed by atoms with Gasteiger partial charge in [-0.25, -0.2) is 9.07 Å². The van der Waals surface area contributed by atoms with Crippen molar-refractivity contribution in [1.82, 2.24) is 30.5 Å². The predicted octanol–water partition coefficient (Wildman–Crippen LogP) is 2.41. The number of nitrogens with one attached hydrogen (secondary N) is 2. The van der Waals surface area contributed by atoms with E-state index >= 15 is 0 Å². The van der Waals surface area contributed by atoms with Gasteiger partial charge in [-0.05, 0) is 58.5 Å². The van der Waals surface area contributed by atoms with Crippen LogP contribution in [-0.4, -0.2) is 84.7 Å². The van der Waals surface area contributed by atoms with Gasteiger partial charge in [-0.15, -0.1) is 5.10 Å². The molecule has 1 saturated heterocycles. The van der Waals surface area contributed by atoms with Gasteiger partial charge in [-0.3, -0.25) is 4.79 Å². The summed E-state index contributed by atoms with van der Waals surface area (Å²) in [4.78, 5) is 14.7. The van der Waals surface area contributed by atoms with Crippen molar-refractivity contribution in [3.63, 3.8) is 0 Å². The Morgan fingerprint density at radius 1 is 1.34 bits per heavy atom. The van der Waals surface area contributed by atoms with E-state index in [-0.39, 0.29) is 30.4 Å². The molecule has 1 aliphatic rings. The van der Waals surface area contributed by atoms with Crippen molar-refractivity contribution in [1.29, 1.82) is 0 Å². The predicted molar refractivity (Wildman–Crippen MR) is 132 cm³/mol. The first-order valence-electron chi connectivity index (χ1n) is 12.3. The number of hydrogen-bond acceptors (Lipinski definition) is 7. The van der Waals surface area contributed by atoms with Crippen molar-refractivity contribution in [2.24, 2.45) is 0 Å². The van der Waals surface area contributed by atoms with Crippen molar-refractivity contribution in [3.8, 4) is 5.69 Å². The molecule has 1 aromatic carbocycles. The van der Waals surface area contributed by atoms with E-state index in [1.807, 2.05) is 58.4 Å². The number of benzene rings is 1. The van der Waals surface area contributed by atoms with Gasteiger partial charge in [-0.2, -0.15) is 0 Å². The summed E-state index contributed by atoms with van der Waals surface area (Å²) in [6.45, 7) is 4.03. The van der Waals surface area contributed by atoms with Crippen molar-refractivity contribution in [2.75, 3.05) is 34.4 Å². The number of nitrogens with zero attached hydrogens (tertiary/aromatic N) is 4. The lowest BCUT2D eigenvalue weighted by atomic mass is 10.0. The zero-order valence-electron chi connectivity index (χ0n) is 21.4. The van der Waals surface area contributed by atoms with Crippen LogP contribution in [0.3, 0.4) is 0 Å². The van der Waals surface area contributed by atoms with Crippen LogP contribution >= 0.6 is 0 Å². The molecule has 1 fully saturated rings. The van der Waals surface area contributed by atoms with Gasteiger partial charge in [0.25, 0.3) is 0 Å². The molecular weight excluding hydrogens is 451 g/mol. The van der Waals surface area contributed by atoms with E-state index in [0.29, 0.717) is 19.4 Å². The van der Waals surface area contributed by atoms with Crippen LogP contribution in [0.25, 0.3) is 5.69 Å². The Labute approximate surface area is 207 Å². The Kier molecular flexibility index (Phi) is 10.1. The number of carbonyl (C=O) groups is 1. The van der Waals surface area contributed by atoms with E-state index in [9.17, 15) is 9.18 Å². The first-order chi connectivity index (χ1) is 16.8. The minimum absolute atomic E-state index is 0.110. The molecule has 1 unspecified atom stereocenters. The first-order valence-corrected chi connectivity index (χ1v) is 12.3. The van der Waals surface area contributed by atoms with Crippen LogP contribution in [0.2, 0.25) is 0 Å². The van der Waals surface area contributed by atoms with Gasteiger partial charge in [0.05, 0.1) is 29.7 Å². The van der Waals surface area contributed by atoms with Crippen LogP contribution in [-0.2, 0) is 20.7 Å². The molecule has 2 heterocycles. The van der Waals surface area contributed by atoms with Gasteiger partial charge in [0.15, 0.2) is 6.29 Å². The van der Waals surface area contributed by atoms with Crippen LogP contribution < -0.4 is 10.6 Å². The summed E-state index contributed by atoms with van der Waals surface area (Å²) in [6.07, 6.45) is 4.18. The molecular formula is C25H39FN6O3. The zero-order chi connectivity index (χ0) is 25.4. The smallest absolute Gasteiger partial charge is 0.221 e. The normalized spacial score (nSPS) is 22.2. The van der Waals surface area contributed by atoms with E-state index in [4.69, 9.17) is 9.47 Å². The lowest BCUT2D eigenvalue weighted by Gasteiger charge is -2.37. The third kappa shape index (κ3) is 7.79. The molecule has 5 atom stereocenters. The minimum atomic E-state index is -0.620. The third-order valence-corrected chi connectivity index (χ3v) is 6.65. The third-order valence-electron chi connectivity index (χ3n) is 6.65. The van der Waals surface area contributed by atoms with Crippen molar-refractivity contribution in [2.45, 2.75) is 70.1 Å². The highest BCUT2D eigenvalue weighted by molar-refractivity contribution is 5.76. The number of carbonyl (C=O) groups excluding carboxylic acids is 1. The summed E-state index contributed by atoms with van der Waals surface area (Å²) < 4.78 is 26.5. The Morgan fingerprint density at radius 2 is 2.09 bits per heavy atom. The molecule has 9 nitrogen and oxygen atoms in total. The van der Waals surface area contributed by atoms with Crippen molar-refractivity contribution < 1.29 is 18.7 Å². The SMILES string of the molecule is CNC(C)c1cn(-c2ccc(C[C@@H](CF)NC(=O)CCN(C)[C@@H]3C[C@H](OC)O[C@H](C)C3)cc2)nn1. The van der Waals surface area contributed by atoms with Gasteiger partial charge >= 0.3 is 0 Å². The summed E-state index contributed by atoms with van der Waals surface area (Å²) in [5, 5.41) is 14.3. The van der Waals surface area contributed by atoms with E-state index in [1.54, 1.807) is 11.8 Å². The maximum Gasteiger partial charge on any atom is 0.221 e. The average Bonchev–Trinajstić information content (AvgIpc) is 3.36. The van der Waals surface area contributed by atoms with Gasteiger partial charge in [0.1, 0.15) is 6.67 Å². The minimum Gasteiger partial charge on any atom is -0.356 e. The maximum absolute atomic E-state index is 13.7. The van der Waals surface area contributed by atoms with Crippen LogP contribution in [0.1, 0.15) is 50.4 Å². The number of rotatable bonds is 12. The molecule has 10 heteroatoms. The topological polar surface area (TPSA) is 93.5 Å². The fourth-order valence-electron chi connectivity index (χ4n) is 4.31. The zero-order valence-corrected chi connectivity index (χ0v) is 21.4. The van der Waals surface area contributed by atoms with Crippen LogP contribution in [0.15, 0.2) is 30.5 Å².